The normalized spacial score (nSPS) is 11.4. The summed E-state index contributed by atoms with van der Waals surface area (Å²) in [5, 5.41) is 0. The van der Waals surface area contributed by atoms with Crippen LogP contribution in [0.3, 0.4) is 0 Å². The maximum atomic E-state index is 8.88. The largest absolute Gasteiger partial charge is 0.466 e. The summed E-state index contributed by atoms with van der Waals surface area (Å²) in [4.78, 5) is 21.6. The molecule has 0 bridgehead atoms. The van der Waals surface area contributed by atoms with E-state index in [0.717, 1.165) is 11.5 Å². The molecule has 0 heterocycles. The Labute approximate surface area is 141 Å². The summed E-state index contributed by atoms with van der Waals surface area (Å²) < 4.78 is 14.7. The number of ether oxygens (including phenoxy) is 1. The van der Waals surface area contributed by atoms with E-state index in [0.29, 0.717) is 0 Å². The van der Waals surface area contributed by atoms with Gasteiger partial charge in [-0.15, -0.1) is 0 Å². The molecule has 2 aromatic carbocycles. The van der Waals surface area contributed by atoms with Gasteiger partial charge in [0.05, 0.1) is 0 Å². The first-order valence-electron chi connectivity index (χ1n) is 7.23. The van der Waals surface area contributed by atoms with Crippen LogP contribution >= 0.6 is 7.82 Å². The second-order valence-electron chi connectivity index (χ2n) is 4.75. The van der Waals surface area contributed by atoms with Gasteiger partial charge in [0.25, 0.3) is 0 Å². The molecule has 3 N–H and O–H groups in total. The van der Waals surface area contributed by atoms with E-state index in [1.807, 2.05) is 74.5 Å². The maximum Gasteiger partial charge on any atom is 0.466 e. The van der Waals surface area contributed by atoms with Crippen molar-refractivity contribution in [1.29, 1.82) is 0 Å². The maximum absolute atomic E-state index is 8.88. The Balaban J connectivity index is 0.000000505. The van der Waals surface area contributed by atoms with Gasteiger partial charge in [0.2, 0.25) is 0 Å². The Morgan fingerprint density at radius 2 is 1.04 bits per heavy atom. The molecule has 0 saturated carbocycles. The zero-order chi connectivity index (χ0) is 18.0. The zero-order valence-electron chi connectivity index (χ0n) is 13.5. The van der Waals surface area contributed by atoms with Gasteiger partial charge in [0.1, 0.15) is 11.5 Å². The predicted octanol–water partition coefficient (Wildman–Crippen LogP) is 4.62. The van der Waals surface area contributed by atoms with E-state index in [-0.39, 0.29) is 0 Å². The molecule has 0 aliphatic heterocycles. The molecule has 128 valence electrons. The van der Waals surface area contributed by atoms with Crippen molar-refractivity contribution < 1.29 is 24.0 Å². The van der Waals surface area contributed by atoms with E-state index >= 15 is 0 Å². The number of hydrogen-bond acceptors (Lipinski definition) is 2. The summed E-state index contributed by atoms with van der Waals surface area (Å²) in [6.45, 7) is 4.02. The fraction of sp³-hybridized carbons (Fsp3) is 0.111. The van der Waals surface area contributed by atoms with Crippen molar-refractivity contribution in [3.8, 4) is 11.5 Å². The number of allylic oxidation sites excluding steroid dienone is 2. The molecule has 0 fully saturated rings. The molecule has 0 aromatic heterocycles. The molecule has 6 heteroatoms. The lowest BCUT2D eigenvalue weighted by atomic mass is 10.2. The summed E-state index contributed by atoms with van der Waals surface area (Å²) in [6.07, 6.45) is 8.18. The summed E-state index contributed by atoms with van der Waals surface area (Å²) in [7, 11) is -4.64. The number of rotatable bonds is 4. The van der Waals surface area contributed by atoms with E-state index in [1.54, 1.807) is 0 Å². The standard InChI is InChI=1S/C18H18O.H3O4P/c1-3-5-15-7-11-17(12-8-15)19-18-13-9-16(6-4-2)10-14-18;1-5(2,3)4/h3-14H,1-2H3;(H3,1,2,3,4). The summed E-state index contributed by atoms with van der Waals surface area (Å²) in [5.74, 6) is 1.71. The molecule has 0 unspecified atom stereocenters. The molecular formula is C18H21O5P. The fourth-order valence-electron chi connectivity index (χ4n) is 1.81. The smallest absolute Gasteiger partial charge is 0.457 e. The van der Waals surface area contributed by atoms with E-state index in [1.165, 1.54) is 11.1 Å². The average Bonchev–Trinajstić information content (AvgIpc) is 2.50. The minimum Gasteiger partial charge on any atom is -0.457 e. The van der Waals surface area contributed by atoms with Gasteiger partial charge in [-0.25, -0.2) is 4.57 Å². The van der Waals surface area contributed by atoms with Gasteiger partial charge in [-0.1, -0.05) is 48.6 Å². The van der Waals surface area contributed by atoms with Crippen molar-refractivity contribution in [3.63, 3.8) is 0 Å². The molecule has 0 radical (unpaired) electrons. The van der Waals surface area contributed by atoms with Crippen molar-refractivity contribution in [1.82, 2.24) is 0 Å². The van der Waals surface area contributed by atoms with Crippen LogP contribution in [0.4, 0.5) is 0 Å². The second-order valence-corrected chi connectivity index (χ2v) is 5.78. The Bertz CT molecular complexity index is 650. The van der Waals surface area contributed by atoms with Gasteiger partial charge < -0.3 is 19.4 Å². The first-order chi connectivity index (χ1) is 11.3. The van der Waals surface area contributed by atoms with Crippen molar-refractivity contribution in [3.05, 3.63) is 71.8 Å². The monoisotopic (exact) mass is 348 g/mol. The van der Waals surface area contributed by atoms with Crippen LogP contribution in [0.5, 0.6) is 11.5 Å². The highest BCUT2D eigenvalue weighted by Crippen LogP contribution is 2.26. The molecule has 0 aliphatic carbocycles. The van der Waals surface area contributed by atoms with Crippen LogP contribution in [0.25, 0.3) is 12.2 Å². The Morgan fingerprint density at radius 3 is 1.29 bits per heavy atom. The van der Waals surface area contributed by atoms with Crippen LogP contribution in [0.15, 0.2) is 60.7 Å². The lowest BCUT2D eigenvalue weighted by Gasteiger charge is -2.06. The molecule has 2 aromatic rings. The predicted molar refractivity (Wildman–Crippen MR) is 96.6 cm³/mol. The Kier molecular flexibility index (Phi) is 8.16. The lowest BCUT2D eigenvalue weighted by molar-refractivity contribution is 0.275. The number of benzene rings is 2. The van der Waals surface area contributed by atoms with Gasteiger partial charge in [0, 0.05) is 0 Å². The third kappa shape index (κ3) is 9.08. The first kappa shape index (κ1) is 19.9. The molecule has 24 heavy (non-hydrogen) atoms. The molecule has 0 spiro atoms. The molecular weight excluding hydrogens is 327 g/mol. The van der Waals surface area contributed by atoms with Gasteiger partial charge in [-0.05, 0) is 49.2 Å². The van der Waals surface area contributed by atoms with Crippen molar-refractivity contribution in [2.45, 2.75) is 13.8 Å². The number of hydrogen-bond donors (Lipinski definition) is 3. The molecule has 2 rings (SSSR count). The third-order valence-corrected chi connectivity index (χ3v) is 2.71. The van der Waals surface area contributed by atoms with Crippen molar-refractivity contribution in [2.75, 3.05) is 0 Å². The molecule has 5 nitrogen and oxygen atoms in total. The van der Waals surface area contributed by atoms with E-state index in [9.17, 15) is 0 Å². The van der Waals surface area contributed by atoms with Crippen LogP contribution < -0.4 is 4.74 Å². The average molecular weight is 348 g/mol. The quantitative estimate of drug-likeness (QED) is 0.702. The van der Waals surface area contributed by atoms with Crippen LogP contribution in [-0.4, -0.2) is 14.7 Å². The molecule has 0 atom stereocenters. The van der Waals surface area contributed by atoms with Crippen LogP contribution in [0.2, 0.25) is 0 Å². The van der Waals surface area contributed by atoms with E-state index in [2.05, 4.69) is 12.2 Å². The fourth-order valence-corrected chi connectivity index (χ4v) is 1.81. The first-order valence-corrected chi connectivity index (χ1v) is 8.80. The summed E-state index contributed by atoms with van der Waals surface area (Å²) in [6, 6.07) is 16.1. The summed E-state index contributed by atoms with van der Waals surface area (Å²) >= 11 is 0. The second kappa shape index (κ2) is 9.85. The van der Waals surface area contributed by atoms with Gasteiger partial charge >= 0.3 is 7.82 Å². The zero-order valence-corrected chi connectivity index (χ0v) is 14.4. The molecule has 0 saturated heterocycles. The van der Waals surface area contributed by atoms with E-state index in [4.69, 9.17) is 24.0 Å². The molecule has 0 amide bonds. The highest BCUT2D eigenvalue weighted by atomic mass is 31.2. The SMILES string of the molecule is CC=Cc1ccc(Oc2ccc(C=CC)cc2)cc1.O=P(O)(O)O. The topological polar surface area (TPSA) is 87.0 Å². The highest BCUT2D eigenvalue weighted by Gasteiger charge is 2.00. The Morgan fingerprint density at radius 1 is 0.750 bits per heavy atom. The highest BCUT2D eigenvalue weighted by molar-refractivity contribution is 7.45. The van der Waals surface area contributed by atoms with Gasteiger partial charge in [0.15, 0.2) is 0 Å². The minimum atomic E-state index is -4.64. The van der Waals surface area contributed by atoms with Gasteiger partial charge in [-0.3, -0.25) is 0 Å². The number of phosphoric acid groups is 1. The van der Waals surface area contributed by atoms with Crippen LogP contribution in [0, 0.1) is 0 Å². The van der Waals surface area contributed by atoms with Crippen LogP contribution in [-0.2, 0) is 4.57 Å². The van der Waals surface area contributed by atoms with Crippen LogP contribution in [0.1, 0.15) is 25.0 Å². The minimum absolute atomic E-state index is 0.854. The summed E-state index contributed by atoms with van der Waals surface area (Å²) in [5.41, 5.74) is 2.36. The Hall–Kier alpha value is -2.17. The molecule has 0 aliphatic rings. The van der Waals surface area contributed by atoms with Gasteiger partial charge in [-0.2, -0.15) is 0 Å². The van der Waals surface area contributed by atoms with E-state index < -0.39 is 7.82 Å². The van der Waals surface area contributed by atoms with Crippen molar-refractivity contribution >= 4 is 20.0 Å². The lowest BCUT2D eigenvalue weighted by Crippen LogP contribution is -1.84. The third-order valence-electron chi connectivity index (χ3n) is 2.71. The van der Waals surface area contributed by atoms with Crippen molar-refractivity contribution in [2.24, 2.45) is 0 Å².